The number of rotatable bonds is 8. The van der Waals surface area contributed by atoms with Crippen LogP contribution in [-0.4, -0.2) is 30.4 Å². The summed E-state index contributed by atoms with van der Waals surface area (Å²) in [5, 5.41) is 15.3. The van der Waals surface area contributed by atoms with Crippen LogP contribution in [0.25, 0.3) is 0 Å². The highest BCUT2D eigenvalue weighted by molar-refractivity contribution is 7.09. The van der Waals surface area contributed by atoms with E-state index in [9.17, 15) is 5.11 Å². The van der Waals surface area contributed by atoms with Gasteiger partial charge in [0.25, 0.3) is 0 Å². The average molecular weight is 291 g/mol. The van der Waals surface area contributed by atoms with Gasteiger partial charge in [0.05, 0.1) is 0 Å². The molecule has 0 aliphatic carbocycles. The summed E-state index contributed by atoms with van der Waals surface area (Å²) in [6.07, 6.45) is 0.491. The highest BCUT2D eigenvalue weighted by Crippen LogP contribution is 2.11. The first kappa shape index (κ1) is 15.0. The molecule has 0 amide bonds. The monoisotopic (exact) mass is 291 g/mol. The van der Waals surface area contributed by atoms with Gasteiger partial charge < -0.3 is 15.2 Å². The highest BCUT2D eigenvalue weighted by Gasteiger charge is 2.09. The van der Waals surface area contributed by atoms with Gasteiger partial charge in [0.15, 0.2) is 0 Å². The zero-order valence-corrected chi connectivity index (χ0v) is 12.5. The summed E-state index contributed by atoms with van der Waals surface area (Å²) < 4.78 is 5.52. The number of thiophene rings is 1. The Bertz CT molecular complexity index is 472. The minimum atomic E-state index is -0.499. The van der Waals surface area contributed by atoms with E-state index in [1.54, 1.807) is 11.3 Å². The summed E-state index contributed by atoms with van der Waals surface area (Å²) in [7, 11) is 0. The first-order chi connectivity index (χ1) is 9.74. The van der Waals surface area contributed by atoms with Crippen molar-refractivity contribution in [2.45, 2.75) is 25.5 Å². The van der Waals surface area contributed by atoms with E-state index in [0.717, 1.165) is 12.2 Å². The molecule has 4 heteroatoms. The third-order valence-corrected chi connectivity index (χ3v) is 3.87. The first-order valence-corrected chi connectivity index (χ1v) is 7.73. The molecule has 0 bridgehead atoms. The third-order valence-electron chi connectivity index (χ3n) is 2.98. The van der Waals surface area contributed by atoms with Crippen molar-refractivity contribution >= 4 is 11.3 Å². The van der Waals surface area contributed by atoms with E-state index in [1.165, 1.54) is 4.88 Å². The van der Waals surface area contributed by atoms with E-state index in [0.29, 0.717) is 19.2 Å². The molecule has 0 fully saturated rings. The second kappa shape index (κ2) is 8.04. The highest BCUT2D eigenvalue weighted by atomic mass is 32.1. The van der Waals surface area contributed by atoms with Crippen LogP contribution in [0.15, 0.2) is 47.8 Å². The molecule has 2 atom stereocenters. The molecule has 20 heavy (non-hydrogen) atoms. The molecule has 2 N–H and O–H groups in total. The minimum absolute atomic E-state index is 0.308. The number of ether oxygens (including phenoxy) is 1. The van der Waals surface area contributed by atoms with Gasteiger partial charge >= 0.3 is 0 Å². The van der Waals surface area contributed by atoms with Crippen molar-refractivity contribution in [1.82, 2.24) is 5.32 Å². The molecule has 1 aromatic heterocycles. The largest absolute Gasteiger partial charge is 0.491 e. The Labute approximate surface area is 124 Å². The SMILES string of the molecule is CC(Cc1cccs1)NCC(O)COc1ccccc1. The number of hydrogen-bond donors (Lipinski definition) is 2. The Morgan fingerprint density at radius 2 is 2.00 bits per heavy atom. The van der Waals surface area contributed by atoms with Gasteiger partial charge in [0.1, 0.15) is 18.5 Å². The van der Waals surface area contributed by atoms with E-state index in [1.807, 2.05) is 30.3 Å². The number of hydrogen-bond acceptors (Lipinski definition) is 4. The molecule has 3 nitrogen and oxygen atoms in total. The van der Waals surface area contributed by atoms with Gasteiger partial charge in [-0.1, -0.05) is 24.3 Å². The fourth-order valence-corrected chi connectivity index (χ4v) is 2.74. The van der Waals surface area contributed by atoms with Crippen LogP contribution in [0, 0.1) is 0 Å². The lowest BCUT2D eigenvalue weighted by Crippen LogP contribution is -2.37. The second-order valence-corrected chi connectivity index (χ2v) is 5.90. The fraction of sp³-hybridized carbons (Fsp3) is 0.375. The predicted molar refractivity (Wildman–Crippen MR) is 83.4 cm³/mol. The van der Waals surface area contributed by atoms with Gasteiger partial charge in [-0.2, -0.15) is 0 Å². The van der Waals surface area contributed by atoms with E-state index in [-0.39, 0.29) is 0 Å². The Kier molecular flexibility index (Phi) is 6.05. The summed E-state index contributed by atoms with van der Waals surface area (Å²) in [4.78, 5) is 1.36. The number of nitrogens with one attached hydrogen (secondary N) is 1. The molecule has 0 saturated heterocycles. The summed E-state index contributed by atoms with van der Waals surface area (Å²) in [6.45, 7) is 2.98. The summed E-state index contributed by atoms with van der Waals surface area (Å²) in [6, 6.07) is 14.1. The van der Waals surface area contributed by atoms with Gasteiger partial charge in [0.2, 0.25) is 0 Å². The zero-order valence-electron chi connectivity index (χ0n) is 11.7. The molecule has 108 valence electrons. The maximum atomic E-state index is 9.90. The van der Waals surface area contributed by atoms with E-state index < -0.39 is 6.10 Å². The Hall–Kier alpha value is -1.36. The lowest BCUT2D eigenvalue weighted by Gasteiger charge is -2.17. The molecule has 2 rings (SSSR count). The standard InChI is InChI=1S/C16H21NO2S/c1-13(10-16-8-5-9-20-16)17-11-14(18)12-19-15-6-3-2-4-7-15/h2-9,13-14,17-18H,10-12H2,1H3. The van der Waals surface area contributed by atoms with Gasteiger partial charge in [-0.05, 0) is 36.9 Å². The van der Waals surface area contributed by atoms with E-state index in [4.69, 9.17) is 4.74 Å². The van der Waals surface area contributed by atoms with Gasteiger partial charge in [-0.25, -0.2) is 0 Å². The summed E-state index contributed by atoms with van der Waals surface area (Å²) in [5.74, 6) is 0.790. The Morgan fingerprint density at radius 3 is 2.70 bits per heavy atom. The van der Waals surface area contributed by atoms with Crippen molar-refractivity contribution < 1.29 is 9.84 Å². The summed E-state index contributed by atoms with van der Waals surface area (Å²) in [5.41, 5.74) is 0. The molecular weight excluding hydrogens is 270 g/mol. The van der Waals surface area contributed by atoms with Crippen molar-refractivity contribution in [2.24, 2.45) is 0 Å². The van der Waals surface area contributed by atoms with Gasteiger partial charge in [0, 0.05) is 17.5 Å². The lowest BCUT2D eigenvalue weighted by molar-refractivity contribution is 0.104. The molecular formula is C16H21NO2S. The molecule has 2 aromatic rings. The van der Waals surface area contributed by atoms with Crippen molar-refractivity contribution in [3.8, 4) is 5.75 Å². The molecule has 1 heterocycles. The smallest absolute Gasteiger partial charge is 0.119 e. The fourth-order valence-electron chi connectivity index (χ4n) is 1.91. The van der Waals surface area contributed by atoms with E-state index >= 15 is 0 Å². The maximum absolute atomic E-state index is 9.90. The van der Waals surface area contributed by atoms with Crippen LogP contribution in [0.3, 0.4) is 0 Å². The van der Waals surface area contributed by atoms with Crippen molar-refractivity contribution in [1.29, 1.82) is 0 Å². The van der Waals surface area contributed by atoms with E-state index in [2.05, 4.69) is 29.8 Å². The predicted octanol–water partition coefficient (Wildman–Crippen LogP) is 2.71. The van der Waals surface area contributed by atoms with Gasteiger partial charge in [-0.15, -0.1) is 11.3 Å². The quantitative estimate of drug-likeness (QED) is 0.786. The Balaban J connectivity index is 1.63. The molecule has 1 aromatic carbocycles. The van der Waals surface area contributed by atoms with Crippen LogP contribution in [0.4, 0.5) is 0 Å². The number of aliphatic hydroxyl groups is 1. The topological polar surface area (TPSA) is 41.5 Å². The van der Waals surface area contributed by atoms with Crippen molar-refractivity contribution in [3.63, 3.8) is 0 Å². The van der Waals surface area contributed by atoms with Crippen LogP contribution >= 0.6 is 11.3 Å². The van der Waals surface area contributed by atoms with Crippen LogP contribution in [0.2, 0.25) is 0 Å². The zero-order chi connectivity index (χ0) is 14.2. The van der Waals surface area contributed by atoms with Gasteiger partial charge in [-0.3, -0.25) is 0 Å². The Morgan fingerprint density at radius 1 is 1.20 bits per heavy atom. The van der Waals surface area contributed by atoms with Crippen LogP contribution in [0.5, 0.6) is 5.75 Å². The lowest BCUT2D eigenvalue weighted by atomic mass is 10.2. The van der Waals surface area contributed by atoms with Crippen LogP contribution < -0.4 is 10.1 Å². The first-order valence-electron chi connectivity index (χ1n) is 6.85. The average Bonchev–Trinajstić information content (AvgIpc) is 2.97. The number of para-hydroxylation sites is 1. The normalized spacial score (nSPS) is 13.9. The van der Waals surface area contributed by atoms with Crippen LogP contribution in [0.1, 0.15) is 11.8 Å². The second-order valence-electron chi connectivity index (χ2n) is 4.87. The number of aliphatic hydroxyl groups excluding tert-OH is 1. The van der Waals surface area contributed by atoms with Crippen molar-refractivity contribution in [3.05, 3.63) is 52.7 Å². The summed E-state index contributed by atoms with van der Waals surface area (Å²) >= 11 is 1.77. The number of benzene rings is 1. The molecule has 0 aliphatic rings. The molecule has 2 unspecified atom stereocenters. The molecule has 0 spiro atoms. The molecule has 0 saturated carbocycles. The van der Waals surface area contributed by atoms with Crippen LogP contribution in [-0.2, 0) is 6.42 Å². The maximum Gasteiger partial charge on any atom is 0.119 e. The minimum Gasteiger partial charge on any atom is -0.491 e. The molecule has 0 radical (unpaired) electrons. The van der Waals surface area contributed by atoms with Crippen molar-refractivity contribution in [2.75, 3.05) is 13.2 Å². The third kappa shape index (κ3) is 5.33. The molecule has 0 aliphatic heterocycles.